The van der Waals surface area contributed by atoms with E-state index in [0.29, 0.717) is 36.6 Å². The van der Waals surface area contributed by atoms with Crippen molar-refractivity contribution < 1.29 is 27.1 Å². The molecule has 2 aromatic rings. The number of hydrogen-bond donors (Lipinski definition) is 1. The summed E-state index contributed by atoms with van der Waals surface area (Å²) in [6, 6.07) is 4.95. The van der Waals surface area contributed by atoms with E-state index in [0.717, 1.165) is 25.0 Å². The number of aromatic nitrogens is 2. The lowest BCUT2D eigenvalue weighted by Gasteiger charge is -2.33. The van der Waals surface area contributed by atoms with E-state index in [1.165, 1.54) is 12.4 Å². The SMILES string of the molecule is CCC(=O)NC1CCN(c2cc(-c3ccc(OC(F)(F)F)c(F)c3)ncn2)CC1. The third-order valence-corrected chi connectivity index (χ3v) is 4.61. The molecule has 156 valence electrons. The number of carbonyl (C=O) groups excluding carboxylic acids is 1. The number of ether oxygens (including phenoxy) is 1. The molecular formula is C19H20F4N4O2. The minimum atomic E-state index is -4.97. The van der Waals surface area contributed by atoms with E-state index in [1.54, 1.807) is 13.0 Å². The molecule has 1 N–H and O–H groups in total. The Balaban J connectivity index is 1.70. The van der Waals surface area contributed by atoms with Gasteiger partial charge in [0.2, 0.25) is 5.91 Å². The first kappa shape index (κ1) is 20.8. The van der Waals surface area contributed by atoms with Crippen LogP contribution in [0.2, 0.25) is 0 Å². The Morgan fingerprint density at radius 1 is 1.24 bits per heavy atom. The monoisotopic (exact) mass is 412 g/mol. The van der Waals surface area contributed by atoms with Gasteiger partial charge < -0.3 is 15.0 Å². The zero-order valence-corrected chi connectivity index (χ0v) is 15.7. The van der Waals surface area contributed by atoms with Crippen LogP contribution in [0.3, 0.4) is 0 Å². The van der Waals surface area contributed by atoms with Crippen molar-refractivity contribution in [2.24, 2.45) is 0 Å². The van der Waals surface area contributed by atoms with Gasteiger partial charge in [0.1, 0.15) is 12.1 Å². The van der Waals surface area contributed by atoms with E-state index in [9.17, 15) is 22.4 Å². The maximum Gasteiger partial charge on any atom is 0.573 e. The molecule has 0 unspecified atom stereocenters. The van der Waals surface area contributed by atoms with Gasteiger partial charge in [0, 0.05) is 37.2 Å². The topological polar surface area (TPSA) is 67.4 Å². The van der Waals surface area contributed by atoms with Crippen LogP contribution in [0.1, 0.15) is 26.2 Å². The smallest absolute Gasteiger partial charge is 0.403 e. The van der Waals surface area contributed by atoms with E-state index in [-0.39, 0.29) is 11.9 Å². The Bertz CT molecular complexity index is 868. The number of amides is 1. The van der Waals surface area contributed by atoms with E-state index in [2.05, 4.69) is 20.0 Å². The van der Waals surface area contributed by atoms with Crippen molar-refractivity contribution >= 4 is 11.7 Å². The van der Waals surface area contributed by atoms with Crippen molar-refractivity contribution in [2.75, 3.05) is 18.0 Å². The summed E-state index contributed by atoms with van der Waals surface area (Å²) in [6.45, 7) is 3.16. The molecule has 0 spiro atoms. The molecule has 0 aliphatic carbocycles. The third kappa shape index (κ3) is 5.55. The van der Waals surface area contributed by atoms with Crippen LogP contribution < -0.4 is 15.0 Å². The first-order chi connectivity index (χ1) is 13.7. The van der Waals surface area contributed by atoms with Crippen LogP contribution in [-0.2, 0) is 4.79 Å². The van der Waals surface area contributed by atoms with Gasteiger partial charge in [0.05, 0.1) is 5.69 Å². The van der Waals surface area contributed by atoms with Gasteiger partial charge in [-0.1, -0.05) is 6.92 Å². The van der Waals surface area contributed by atoms with Crippen LogP contribution in [0.4, 0.5) is 23.4 Å². The number of benzene rings is 1. The van der Waals surface area contributed by atoms with Crippen molar-refractivity contribution in [1.82, 2.24) is 15.3 Å². The van der Waals surface area contributed by atoms with Gasteiger partial charge in [-0.05, 0) is 31.0 Å². The third-order valence-electron chi connectivity index (χ3n) is 4.61. The molecule has 1 aliphatic heterocycles. The molecule has 0 radical (unpaired) electrons. The first-order valence-electron chi connectivity index (χ1n) is 9.17. The molecule has 1 fully saturated rings. The molecule has 0 saturated carbocycles. The molecule has 3 rings (SSSR count). The highest BCUT2D eigenvalue weighted by molar-refractivity contribution is 5.75. The number of alkyl halides is 3. The molecule has 0 bridgehead atoms. The number of carbonyl (C=O) groups is 1. The number of hydrogen-bond acceptors (Lipinski definition) is 5. The standard InChI is InChI=1S/C19H20F4N4O2/c1-2-18(28)26-13-5-7-27(8-6-13)17-10-15(24-11-25-17)12-3-4-16(14(20)9-12)29-19(21,22)23/h3-4,9-11,13H,2,5-8H2,1H3,(H,26,28). The number of nitrogens with zero attached hydrogens (tertiary/aromatic N) is 3. The number of halogens is 4. The van der Waals surface area contributed by atoms with Gasteiger partial charge in [-0.25, -0.2) is 14.4 Å². The summed E-state index contributed by atoms with van der Waals surface area (Å²) < 4.78 is 54.5. The lowest BCUT2D eigenvalue weighted by atomic mass is 10.0. The first-order valence-corrected chi connectivity index (χ1v) is 9.17. The average Bonchev–Trinajstić information content (AvgIpc) is 2.69. The second-order valence-electron chi connectivity index (χ2n) is 6.64. The summed E-state index contributed by atoms with van der Waals surface area (Å²) in [4.78, 5) is 21.9. The molecule has 10 heteroatoms. The summed E-state index contributed by atoms with van der Waals surface area (Å²) >= 11 is 0. The van der Waals surface area contributed by atoms with Gasteiger partial charge in [0.15, 0.2) is 11.6 Å². The van der Waals surface area contributed by atoms with Crippen molar-refractivity contribution in [3.8, 4) is 17.0 Å². The summed E-state index contributed by atoms with van der Waals surface area (Å²) in [5.41, 5.74) is 0.694. The summed E-state index contributed by atoms with van der Waals surface area (Å²) in [7, 11) is 0. The molecule has 29 heavy (non-hydrogen) atoms. The maximum absolute atomic E-state index is 14.0. The largest absolute Gasteiger partial charge is 0.573 e. The average molecular weight is 412 g/mol. The summed E-state index contributed by atoms with van der Waals surface area (Å²) in [6.07, 6.45) is -1.66. The van der Waals surface area contributed by atoms with Gasteiger partial charge in [-0.15, -0.1) is 13.2 Å². The van der Waals surface area contributed by atoms with Crippen molar-refractivity contribution in [3.05, 3.63) is 36.4 Å². The van der Waals surface area contributed by atoms with E-state index >= 15 is 0 Å². The Hall–Kier alpha value is -2.91. The molecule has 2 heterocycles. The van der Waals surface area contributed by atoms with E-state index in [1.807, 2.05) is 4.90 Å². The lowest BCUT2D eigenvalue weighted by Crippen LogP contribution is -2.44. The van der Waals surface area contributed by atoms with Crippen molar-refractivity contribution in [1.29, 1.82) is 0 Å². The molecule has 0 atom stereocenters. The summed E-state index contributed by atoms with van der Waals surface area (Å²) in [5.74, 6) is -1.38. The second-order valence-corrected chi connectivity index (χ2v) is 6.64. The van der Waals surface area contributed by atoms with Crippen LogP contribution >= 0.6 is 0 Å². The van der Waals surface area contributed by atoms with Crippen LogP contribution in [0.15, 0.2) is 30.6 Å². The second kappa shape index (κ2) is 8.62. The van der Waals surface area contributed by atoms with Crippen LogP contribution in [0.5, 0.6) is 5.75 Å². The van der Waals surface area contributed by atoms with Gasteiger partial charge in [-0.3, -0.25) is 4.79 Å². The van der Waals surface area contributed by atoms with E-state index in [4.69, 9.17) is 0 Å². The molecule has 1 aliphatic rings. The zero-order chi connectivity index (χ0) is 21.0. The number of piperidine rings is 1. The Kier molecular flexibility index (Phi) is 6.19. The highest BCUT2D eigenvalue weighted by Gasteiger charge is 2.32. The highest BCUT2D eigenvalue weighted by atomic mass is 19.4. The highest BCUT2D eigenvalue weighted by Crippen LogP contribution is 2.30. The molecule has 1 saturated heterocycles. The number of anilines is 1. The van der Waals surface area contributed by atoms with Crippen LogP contribution in [0, 0.1) is 5.82 Å². The number of nitrogens with one attached hydrogen (secondary N) is 1. The minimum Gasteiger partial charge on any atom is -0.403 e. The summed E-state index contributed by atoms with van der Waals surface area (Å²) in [5, 5.41) is 2.97. The molecule has 1 aromatic carbocycles. The lowest BCUT2D eigenvalue weighted by molar-refractivity contribution is -0.275. The number of rotatable bonds is 5. The van der Waals surface area contributed by atoms with Gasteiger partial charge in [0.25, 0.3) is 0 Å². The van der Waals surface area contributed by atoms with Gasteiger partial charge in [-0.2, -0.15) is 0 Å². The fourth-order valence-electron chi connectivity index (χ4n) is 3.13. The molecule has 6 nitrogen and oxygen atoms in total. The molecule has 1 amide bonds. The Morgan fingerprint density at radius 2 is 1.97 bits per heavy atom. The zero-order valence-electron chi connectivity index (χ0n) is 15.7. The van der Waals surface area contributed by atoms with E-state index < -0.39 is 17.9 Å². The fraction of sp³-hybridized carbons (Fsp3) is 0.421. The van der Waals surface area contributed by atoms with Crippen LogP contribution in [-0.4, -0.2) is 41.4 Å². The predicted octanol–water partition coefficient (Wildman–Crippen LogP) is 3.68. The van der Waals surface area contributed by atoms with Crippen LogP contribution in [0.25, 0.3) is 11.3 Å². The van der Waals surface area contributed by atoms with Crippen molar-refractivity contribution in [3.63, 3.8) is 0 Å². The Labute approximate surface area is 164 Å². The maximum atomic E-state index is 14.0. The fourth-order valence-corrected chi connectivity index (χ4v) is 3.13. The normalized spacial score (nSPS) is 15.3. The predicted molar refractivity (Wildman–Crippen MR) is 97.8 cm³/mol. The molecular weight excluding hydrogens is 392 g/mol. The van der Waals surface area contributed by atoms with Gasteiger partial charge >= 0.3 is 6.36 Å². The van der Waals surface area contributed by atoms with Crippen molar-refractivity contribution in [2.45, 2.75) is 38.6 Å². The Morgan fingerprint density at radius 3 is 2.59 bits per heavy atom. The minimum absolute atomic E-state index is 0.0211. The quantitative estimate of drug-likeness (QED) is 0.759. The molecule has 1 aromatic heterocycles.